The molecule has 0 unspecified atom stereocenters. The molecule has 0 radical (unpaired) electrons. The molecular formula is C14H15Br2N3O3. The summed E-state index contributed by atoms with van der Waals surface area (Å²) in [5.74, 6) is 0.543. The van der Waals surface area contributed by atoms with Gasteiger partial charge in [-0.2, -0.15) is 0 Å². The molecule has 0 spiro atoms. The number of phenolic OH excluding ortho intramolecular Hbond substituents is 1. The second kappa shape index (κ2) is 6.70. The smallest absolute Gasteiger partial charge is 0.259 e. The first-order valence-electron chi connectivity index (χ1n) is 6.48. The van der Waals surface area contributed by atoms with Crippen molar-refractivity contribution in [2.75, 3.05) is 13.6 Å². The van der Waals surface area contributed by atoms with E-state index < -0.39 is 0 Å². The summed E-state index contributed by atoms with van der Waals surface area (Å²) in [5.41, 5.74) is 0.405. The summed E-state index contributed by atoms with van der Waals surface area (Å²) in [5, 5.41) is 20.1. The summed E-state index contributed by atoms with van der Waals surface area (Å²) in [6.45, 7) is 2.20. The van der Waals surface area contributed by atoms with Crippen molar-refractivity contribution in [2.24, 2.45) is 0 Å². The molecule has 1 aromatic rings. The lowest BCUT2D eigenvalue weighted by Crippen LogP contribution is -2.45. The fourth-order valence-electron chi connectivity index (χ4n) is 2.18. The molecule has 6 nitrogen and oxygen atoms in total. The van der Waals surface area contributed by atoms with Crippen LogP contribution in [0.1, 0.15) is 17.3 Å². The average Bonchev–Trinajstić information content (AvgIpc) is 2.50. The zero-order valence-corrected chi connectivity index (χ0v) is 15.2. The summed E-state index contributed by atoms with van der Waals surface area (Å²) in [4.78, 5) is 14.3. The molecule has 1 aliphatic rings. The fraction of sp³-hybridized carbons (Fsp3) is 0.286. The molecule has 1 atom stereocenters. The maximum Gasteiger partial charge on any atom is 0.259 e. The van der Waals surface area contributed by atoms with E-state index in [4.69, 9.17) is 10.1 Å². The predicted molar refractivity (Wildman–Crippen MR) is 90.0 cm³/mol. The van der Waals surface area contributed by atoms with Crippen molar-refractivity contribution in [1.29, 1.82) is 5.41 Å². The molecule has 0 bridgehead atoms. The predicted octanol–water partition coefficient (Wildman–Crippen LogP) is 2.82. The largest absolute Gasteiger partial charge is 0.506 e. The minimum absolute atomic E-state index is 0.0384. The van der Waals surface area contributed by atoms with E-state index in [0.29, 0.717) is 32.6 Å². The molecule has 1 aliphatic heterocycles. The Labute approximate surface area is 144 Å². The molecule has 3 N–H and O–H groups in total. The first kappa shape index (κ1) is 16.8. The van der Waals surface area contributed by atoms with E-state index in [1.165, 1.54) is 4.90 Å². The summed E-state index contributed by atoms with van der Waals surface area (Å²) in [7, 11) is 1.67. The number of allylic oxidation sites excluding steroid dienone is 1. The van der Waals surface area contributed by atoms with Crippen molar-refractivity contribution in [3.05, 3.63) is 38.2 Å². The van der Waals surface area contributed by atoms with Crippen molar-refractivity contribution < 1.29 is 14.6 Å². The molecule has 0 aromatic heterocycles. The van der Waals surface area contributed by atoms with E-state index >= 15 is 0 Å². The van der Waals surface area contributed by atoms with Crippen LogP contribution in [0.25, 0.3) is 0 Å². The maximum atomic E-state index is 12.8. The number of phenols is 1. The molecule has 1 aromatic carbocycles. The van der Waals surface area contributed by atoms with Crippen LogP contribution in [0, 0.1) is 5.41 Å². The summed E-state index contributed by atoms with van der Waals surface area (Å²) < 4.78 is 6.39. The second-order valence-corrected chi connectivity index (χ2v) is 6.45. The number of rotatable bonds is 3. The standard InChI is InChI=1S/C14H15Br2N3O3/c1-7-6-19(13(18-2)11(5-17)22-7)14(21)8-3-9(15)12(20)10(16)4-8/h3-5,7,17-18,20H,6H2,1-2H3/t7-/m0/s1. The highest BCUT2D eigenvalue weighted by Gasteiger charge is 2.30. The van der Waals surface area contributed by atoms with Crippen LogP contribution >= 0.6 is 31.9 Å². The van der Waals surface area contributed by atoms with Crippen LogP contribution in [0.15, 0.2) is 32.7 Å². The molecule has 0 saturated carbocycles. The van der Waals surface area contributed by atoms with Crippen LogP contribution in [-0.4, -0.2) is 41.8 Å². The molecule has 118 valence electrons. The Bertz CT molecular complexity index is 638. The molecule has 0 saturated heterocycles. The van der Waals surface area contributed by atoms with Crippen LogP contribution in [0.5, 0.6) is 5.75 Å². The van der Waals surface area contributed by atoms with Gasteiger partial charge < -0.3 is 20.6 Å². The molecule has 22 heavy (non-hydrogen) atoms. The van der Waals surface area contributed by atoms with Gasteiger partial charge in [0.2, 0.25) is 0 Å². The molecular weight excluding hydrogens is 418 g/mol. The van der Waals surface area contributed by atoms with Crippen molar-refractivity contribution in [3.8, 4) is 5.75 Å². The summed E-state index contributed by atoms with van der Waals surface area (Å²) in [6.07, 6.45) is 0.853. The Morgan fingerprint density at radius 3 is 2.59 bits per heavy atom. The zero-order valence-electron chi connectivity index (χ0n) is 12.0. The molecule has 2 rings (SSSR count). The minimum atomic E-state index is -0.250. The van der Waals surface area contributed by atoms with Crippen molar-refractivity contribution in [2.45, 2.75) is 13.0 Å². The molecule has 0 aliphatic carbocycles. The first-order valence-corrected chi connectivity index (χ1v) is 8.06. The lowest BCUT2D eigenvalue weighted by molar-refractivity contribution is 0.0496. The Morgan fingerprint density at radius 2 is 2.09 bits per heavy atom. The molecule has 0 fully saturated rings. The average molecular weight is 433 g/mol. The van der Waals surface area contributed by atoms with Crippen LogP contribution in [0.2, 0.25) is 0 Å². The third-order valence-electron chi connectivity index (χ3n) is 3.15. The number of amides is 1. The number of nitrogens with one attached hydrogen (secondary N) is 2. The van der Waals surface area contributed by atoms with Gasteiger partial charge >= 0.3 is 0 Å². The molecule has 1 heterocycles. The fourth-order valence-corrected chi connectivity index (χ4v) is 3.37. The third kappa shape index (κ3) is 3.12. The van der Waals surface area contributed by atoms with E-state index in [-0.39, 0.29) is 17.8 Å². The Hall–Kier alpha value is -1.54. The number of carbonyl (C=O) groups is 1. The van der Waals surface area contributed by atoms with Gasteiger partial charge in [0.15, 0.2) is 11.6 Å². The van der Waals surface area contributed by atoms with Gasteiger partial charge in [0.25, 0.3) is 5.91 Å². The Balaban J connectivity index is 2.45. The maximum absolute atomic E-state index is 12.8. The number of ether oxygens (including phenoxy) is 1. The van der Waals surface area contributed by atoms with Gasteiger partial charge in [0.1, 0.15) is 11.9 Å². The first-order chi connectivity index (χ1) is 10.4. The van der Waals surface area contributed by atoms with Crippen molar-refractivity contribution >= 4 is 44.0 Å². The van der Waals surface area contributed by atoms with E-state index in [0.717, 1.165) is 6.21 Å². The van der Waals surface area contributed by atoms with Crippen LogP contribution in [0.4, 0.5) is 0 Å². The van der Waals surface area contributed by atoms with Crippen LogP contribution < -0.4 is 5.32 Å². The second-order valence-electron chi connectivity index (χ2n) is 4.74. The van der Waals surface area contributed by atoms with Gasteiger partial charge in [0.05, 0.1) is 21.7 Å². The highest BCUT2D eigenvalue weighted by molar-refractivity contribution is 9.11. The summed E-state index contributed by atoms with van der Waals surface area (Å²) >= 11 is 6.44. The number of hydrogen-bond acceptors (Lipinski definition) is 5. The molecule has 1 amide bonds. The number of hydrogen-bond donors (Lipinski definition) is 3. The Kier molecular flexibility index (Phi) is 5.12. The number of benzene rings is 1. The van der Waals surface area contributed by atoms with E-state index in [2.05, 4.69) is 37.2 Å². The van der Waals surface area contributed by atoms with Crippen LogP contribution in [0.3, 0.4) is 0 Å². The quantitative estimate of drug-likeness (QED) is 0.641. The highest BCUT2D eigenvalue weighted by atomic mass is 79.9. The normalized spacial score (nSPS) is 18.0. The van der Waals surface area contributed by atoms with E-state index in [1.807, 2.05) is 6.92 Å². The van der Waals surface area contributed by atoms with E-state index in [1.54, 1.807) is 19.2 Å². The van der Waals surface area contributed by atoms with Crippen LogP contribution in [-0.2, 0) is 4.74 Å². The van der Waals surface area contributed by atoms with Gasteiger partial charge in [-0.3, -0.25) is 9.69 Å². The van der Waals surface area contributed by atoms with Crippen molar-refractivity contribution in [1.82, 2.24) is 10.2 Å². The number of aromatic hydroxyl groups is 1. The van der Waals surface area contributed by atoms with Gasteiger partial charge in [0, 0.05) is 12.6 Å². The monoisotopic (exact) mass is 431 g/mol. The lowest BCUT2D eigenvalue weighted by Gasteiger charge is -2.34. The SMILES string of the molecule is CNC1=C(C=N)O[C@@H](C)CN1C(=O)c1cc(Br)c(O)c(Br)c1. The van der Waals surface area contributed by atoms with Gasteiger partial charge in [-0.05, 0) is 50.9 Å². The highest BCUT2D eigenvalue weighted by Crippen LogP contribution is 2.34. The van der Waals surface area contributed by atoms with Gasteiger partial charge in [-0.25, -0.2) is 0 Å². The lowest BCUT2D eigenvalue weighted by atomic mass is 10.1. The topological polar surface area (TPSA) is 85.7 Å². The number of halogens is 2. The number of nitrogens with zero attached hydrogens (tertiary/aromatic N) is 1. The third-order valence-corrected chi connectivity index (χ3v) is 4.36. The molecule has 8 heteroatoms. The van der Waals surface area contributed by atoms with Gasteiger partial charge in [-0.1, -0.05) is 0 Å². The van der Waals surface area contributed by atoms with E-state index in [9.17, 15) is 9.90 Å². The Morgan fingerprint density at radius 1 is 1.50 bits per heavy atom. The summed E-state index contributed by atoms with van der Waals surface area (Å²) in [6, 6.07) is 3.11. The number of carbonyl (C=O) groups excluding carboxylic acids is 1. The van der Waals surface area contributed by atoms with Crippen molar-refractivity contribution in [3.63, 3.8) is 0 Å². The zero-order chi connectivity index (χ0) is 16.4. The van der Waals surface area contributed by atoms with Gasteiger partial charge in [-0.15, -0.1) is 0 Å². The minimum Gasteiger partial charge on any atom is -0.506 e.